The quantitative estimate of drug-likeness (QED) is 0.629. The minimum absolute atomic E-state index is 0.157. The van der Waals surface area contributed by atoms with Gasteiger partial charge in [0.25, 0.3) is 0 Å². The van der Waals surface area contributed by atoms with Crippen LogP contribution in [0.4, 0.5) is 0 Å². The summed E-state index contributed by atoms with van der Waals surface area (Å²) in [5.41, 5.74) is 1.33. The van der Waals surface area contributed by atoms with Crippen molar-refractivity contribution in [1.29, 1.82) is 0 Å². The highest BCUT2D eigenvalue weighted by Crippen LogP contribution is 2.44. The molecule has 0 radical (unpaired) electrons. The van der Waals surface area contributed by atoms with E-state index in [1.807, 2.05) is 20.1 Å². The third-order valence-corrected chi connectivity index (χ3v) is 5.79. The Hall–Kier alpha value is -0.810. The maximum atomic E-state index is 12.6. The molecule has 19 heavy (non-hydrogen) atoms. The Kier molecular flexibility index (Phi) is 4.06. The first-order valence-electron chi connectivity index (χ1n) is 6.34. The average Bonchev–Trinajstić information content (AvgIpc) is 2.73. The van der Waals surface area contributed by atoms with Crippen LogP contribution in [0.5, 0.6) is 0 Å². The molecule has 0 unspecified atom stereocenters. The first kappa shape index (κ1) is 14.6. The molecule has 0 atom stereocenters. The first-order valence-corrected chi connectivity index (χ1v) is 8.38. The number of rotatable bonds is 3. The average molecular weight is 298 g/mol. The number of ketones is 1. The molecule has 0 N–H and O–H groups in total. The maximum absolute atomic E-state index is 12.6. The van der Waals surface area contributed by atoms with Gasteiger partial charge in [-0.05, 0) is 31.6 Å². The first-order chi connectivity index (χ1) is 8.92. The fraction of sp³-hybridized carbons (Fsp3) is 0.571. The van der Waals surface area contributed by atoms with Crippen LogP contribution in [0, 0.1) is 5.41 Å². The minimum Gasteiger partial charge on any atom is -0.462 e. The van der Waals surface area contributed by atoms with Crippen LogP contribution in [0.2, 0.25) is 0 Å². The molecule has 1 heterocycles. The number of hydrogen-bond donors (Lipinski definition) is 0. The Morgan fingerprint density at radius 2 is 2.16 bits per heavy atom. The smallest absolute Gasteiger partial charge is 0.348 e. The van der Waals surface area contributed by atoms with E-state index in [1.165, 1.54) is 23.1 Å². The number of hydrogen-bond acceptors (Lipinski definition) is 5. The molecule has 1 aliphatic rings. The van der Waals surface area contributed by atoms with E-state index in [2.05, 4.69) is 0 Å². The Morgan fingerprint density at radius 1 is 1.47 bits per heavy atom. The Balaban J connectivity index is 2.53. The maximum Gasteiger partial charge on any atom is 0.348 e. The standard InChI is InChI=1S/C14H18O3S2/c1-5-17-12(16)10-8-6-7-14(2,3)11(15)9(8)13(18-4)19-10/h5-7H2,1-4H3. The second-order valence-corrected chi connectivity index (χ2v) is 7.31. The topological polar surface area (TPSA) is 43.4 Å². The summed E-state index contributed by atoms with van der Waals surface area (Å²) in [7, 11) is 0. The van der Waals surface area contributed by atoms with Crippen molar-refractivity contribution in [3.05, 3.63) is 16.0 Å². The number of Topliss-reactive ketones (excluding diaryl/α,β-unsaturated/α-hetero) is 1. The van der Waals surface area contributed by atoms with Crippen LogP contribution < -0.4 is 0 Å². The van der Waals surface area contributed by atoms with Crippen molar-refractivity contribution in [3.8, 4) is 0 Å². The van der Waals surface area contributed by atoms with Gasteiger partial charge in [-0.3, -0.25) is 4.79 Å². The number of carbonyl (C=O) groups excluding carboxylic acids is 2. The van der Waals surface area contributed by atoms with Crippen LogP contribution in [-0.4, -0.2) is 24.6 Å². The molecule has 104 valence electrons. The van der Waals surface area contributed by atoms with E-state index in [0.717, 1.165) is 28.2 Å². The van der Waals surface area contributed by atoms with Gasteiger partial charge in [0, 0.05) is 11.0 Å². The van der Waals surface area contributed by atoms with Gasteiger partial charge in [-0.25, -0.2) is 4.79 Å². The van der Waals surface area contributed by atoms with Crippen molar-refractivity contribution >= 4 is 34.9 Å². The van der Waals surface area contributed by atoms with Crippen molar-refractivity contribution in [2.45, 2.75) is 37.8 Å². The van der Waals surface area contributed by atoms with Gasteiger partial charge in [0.2, 0.25) is 0 Å². The van der Waals surface area contributed by atoms with E-state index in [-0.39, 0.29) is 17.2 Å². The fourth-order valence-electron chi connectivity index (χ4n) is 2.30. The van der Waals surface area contributed by atoms with E-state index in [4.69, 9.17) is 4.74 Å². The molecule has 1 aromatic rings. The third kappa shape index (κ3) is 2.46. The second-order valence-electron chi connectivity index (χ2n) is 5.21. The molecule has 0 saturated heterocycles. The van der Waals surface area contributed by atoms with Crippen LogP contribution in [-0.2, 0) is 11.2 Å². The molecule has 0 aliphatic heterocycles. The lowest BCUT2D eigenvalue weighted by Gasteiger charge is -2.28. The number of ether oxygens (including phenoxy) is 1. The van der Waals surface area contributed by atoms with E-state index in [0.29, 0.717) is 11.5 Å². The number of carbonyl (C=O) groups is 2. The van der Waals surface area contributed by atoms with Crippen molar-refractivity contribution in [3.63, 3.8) is 0 Å². The highest BCUT2D eigenvalue weighted by atomic mass is 32.2. The molecule has 0 spiro atoms. The zero-order valence-electron chi connectivity index (χ0n) is 11.7. The lowest BCUT2D eigenvalue weighted by atomic mass is 9.74. The molecule has 0 saturated carbocycles. The van der Waals surface area contributed by atoms with E-state index >= 15 is 0 Å². The summed E-state index contributed by atoms with van der Waals surface area (Å²) in [5.74, 6) is -0.138. The normalized spacial score (nSPS) is 17.2. The summed E-state index contributed by atoms with van der Waals surface area (Å²) in [5, 5.41) is 0. The number of thioether (sulfide) groups is 1. The molecule has 0 amide bonds. The summed E-state index contributed by atoms with van der Waals surface area (Å²) in [4.78, 5) is 25.2. The van der Waals surface area contributed by atoms with Crippen LogP contribution in [0.15, 0.2) is 4.21 Å². The van der Waals surface area contributed by atoms with Gasteiger partial charge in [0.05, 0.1) is 10.8 Å². The van der Waals surface area contributed by atoms with Gasteiger partial charge in [-0.1, -0.05) is 13.8 Å². The van der Waals surface area contributed by atoms with E-state index in [1.54, 1.807) is 6.92 Å². The minimum atomic E-state index is -0.329. The fourth-order valence-corrected chi connectivity index (χ4v) is 4.28. The zero-order chi connectivity index (χ0) is 14.2. The van der Waals surface area contributed by atoms with Gasteiger partial charge in [-0.15, -0.1) is 23.1 Å². The van der Waals surface area contributed by atoms with Crippen molar-refractivity contribution < 1.29 is 14.3 Å². The molecule has 1 aliphatic carbocycles. The van der Waals surface area contributed by atoms with E-state index in [9.17, 15) is 9.59 Å². The summed E-state index contributed by atoms with van der Waals surface area (Å²) >= 11 is 2.93. The molecule has 0 fully saturated rings. The van der Waals surface area contributed by atoms with Crippen molar-refractivity contribution in [2.75, 3.05) is 12.9 Å². The molecule has 0 bridgehead atoms. The molecule has 3 nitrogen and oxygen atoms in total. The SMILES string of the molecule is CCOC(=O)c1sc(SC)c2c1CCC(C)(C)C2=O. The number of thiophene rings is 1. The second kappa shape index (κ2) is 5.29. The Labute approximate surface area is 121 Å². The lowest BCUT2D eigenvalue weighted by Crippen LogP contribution is -2.30. The van der Waals surface area contributed by atoms with Crippen LogP contribution in [0.3, 0.4) is 0 Å². The summed E-state index contributed by atoms with van der Waals surface area (Å²) in [6.45, 7) is 6.11. The van der Waals surface area contributed by atoms with Gasteiger partial charge >= 0.3 is 5.97 Å². The van der Waals surface area contributed by atoms with Gasteiger partial charge in [0.1, 0.15) is 4.88 Å². The highest BCUT2D eigenvalue weighted by Gasteiger charge is 2.39. The Morgan fingerprint density at radius 3 is 2.74 bits per heavy atom. The van der Waals surface area contributed by atoms with Gasteiger partial charge in [-0.2, -0.15) is 0 Å². The molecule has 5 heteroatoms. The van der Waals surface area contributed by atoms with Crippen LogP contribution >= 0.6 is 23.1 Å². The number of fused-ring (bicyclic) bond motifs is 1. The summed E-state index contributed by atoms with van der Waals surface area (Å²) in [6, 6.07) is 0. The van der Waals surface area contributed by atoms with Crippen molar-refractivity contribution in [1.82, 2.24) is 0 Å². The molecule has 2 rings (SSSR count). The lowest BCUT2D eigenvalue weighted by molar-refractivity contribution is 0.0530. The van der Waals surface area contributed by atoms with Gasteiger partial charge in [0.15, 0.2) is 5.78 Å². The van der Waals surface area contributed by atoms with Gasteiger partial charge < -0.3 is 4.74 Å². The molecular formula is C14H18O3S2. The monoisotopic (exact) mass is 298 g/mol. The highest BCUT2D eigenvalue weighted by molar-refractivity contribution is 8.00. The summed E-state index contributed by atoms with van der Waals surface area (Å²) in [6.07, 6.45) is 3.50. The molecule has 0 aromatic carbocycles. The molecule has 1 aromatic heterocycles. The predicted molar refractivity (Wildman–Crippen MR) is 78.5 cm³/mol. The molecular weight excluding hydrogens is 280 g/mol. The van der Waals surface area contributed by atoms with Crippen LogP contribution in [0.1, 0.15) is 52.8 Å². The van der Waals surface area contributed by atoms with E-state index < -0.39 is 0 Å². The Bertz CT molecular complexity index is 529. The van der Waals surface area contributed by atoms with Crippen molar-refractivity contribution in [2.24, 2.45) is 5.41 Å². The zero-order valence-corrected chi connectivity index (χ0v) is 13.3. The third-order valence-electron chi connectivity index (χ3n) is 3.46. The largest absolute Gasteiger partial charge is 0.462 e. The summed E-state index contributed by atoms with van der Waals surface area (Å²) < 4.78 is 6.03. The number of esters is 1. The predicted octanol–water partition coefficient (Wildman–Crippen LogP) is 3.80. The van der Waals surface area contributed by atoms with Crippen LogP contribution in [0.25, 0.3) is 0 Å².